The third-order valence-electron chi connectivity index (χ3n) is 5.08. The Morgan fingerprint density at radius 2 is 2.08 bits per heavy atom. The summed E-state index contributed by atoms with van der Waals surface area (Å²) in [5, 5.41) is 12.3. The number of piperidine rings is 3. The molecule has 1 atom stereocenters. The molecule has 1 N–H and O–H groups in total. The third-order valence-corrected chi connectivity index (χ3v) is 6.21. The maximum absolute atomic E-state index is 12.6. The minimum Gasteiger partial charge on any atom is -0.347 e. The van der Waals surface area contributed by atoms with Gasteiger partial charge in [0.1, 0.15) is 0 Å². The molecule has 2 bridgehead atoms. The summed E-state index contributed by atoms with van der Waals surface area (Å²) in [6.45, 7) is 3.34. The van der Waals surface area contributed by atoms with Crippen LogP contribution in [-0.2, 0) is 0 Å². The number of hydrogen-bond acceptors (Lipinski definition) is 4. The van der Waals surface area contributed by atoms with E-state index < -0.39 is 0 Å². The van der Waals surface area contributed by atoms with Gasteiger partial charge in [-0.05, 0) is 61.7 Å². The van der Waals surface area contributed by atoms with Crippen LogP contribution in [0.25, 0.3) is 10.4 Å². The molecule has 5 rings (SSSR count). The zero-order valence-corrected chi connectivity index (χ0v) is 14.2. The monoisotopic (exact) mass is 337 g/mol. The van der Waals surface area contributed by atoms with Crippen LogP contribution in [0, 0.1) is 17.2 Å². The molecule has 1 amide bonds. The van der Waals surface area contributed by atoms with Gasteiger partial charge in [0.2, 0.25) is 0 Å². The predicted octanol–water partition coefficient (Wildman–Crippen LogP) is 3.11. The average Bonchev–Trinajstić information content (AvgIpc) is 3.13. The van der Waals surface area contributed by atoms with E-state index in [9.17, 15) is 4.79 Å². The Labute approximate surface area is 145 Å². The average molecular weight is 337 g/mol. The number of carbonyl (C=O) groups is 1. The second-order valence-corrected chi connectivity index (χ2v) is 7.66. The second-order valence-electron chi connectivity index (χ2n) is 6.57. The zero-order chi connectivity index (χ0) is 16.5. The molecule has 0 spiro atoms. The maximum atomic E-state index is 12.6. The molecular formula is C19H19N3OS. The van der Waals surface area contributed by atoms with Gasteiger partial charge in [0.05, 0.1) is 16.5 Å². The van der Waals surface area contributed by atoms with Crippen molar-refractivity contribution in [3.05, 3.63) is 46.8 Å². The molecule has 1 unspecified atom stereocenters. The first-order valence-electron chi connectivity index (χ1n) is 8.36. The largest absolute Gasteiger partial charge is 0.347 e. The second kappa shape index (κ2) is 6.39. The molecule has 3 aliphatic rings. The number of rotatable bonds is 3. The van der Waals surface area contributed by atoms with E-state index in [0.29, 0.717) is 11.5 Å². The Morgan fingerprint density at radius 1 is 1.25 bits per heavy atom. The van der Waals surface area contributed by atoms with Gasteiger partial charge in [-0.15, -0.1) is 11.3 Å². The fraction of sp³-hybridized carbons (Fsp3) is 0.368. The van der Waals surface area contributed by atoms with Crippen LogP contribution in [-0.4, -0.2) is 36.5 Å². The highest BCUT2D eigenvalue weighted by molar-refractivity contribution is 7.17. The molecule has 0 radical (unpaired) electrons. The minimum absolute atomic E-state index is 0.0291. The summed E-state index contributed by atoms with van der Waals surface area (Å²) in [5.41, 5.74) is 1.63. The molecule has 3 fully saturated rings. The summed E-state index contributed by atoms with van der Waals surface area (Å²) in [4.78, 5) is 16.8. The molecule has 122 valence electrons. The minimum atomic E-state index is 0.0291. The van der Waals surface area contributed by atoms with E-state index in [1.54, 1.807) is 6.07 Å². The molecule has 1 aromatic carbocycles. The summed E-state index contributed by atoms with van der Waals surface area (Å²) in [6.07, 6.45) is 2.39. The van der Waals surface area contributed by atoms with E-state index in [1.165, 1.54) is 37.3 Å². The van der Waals surface area contributed by atoms with Crippen LogP contribution in [0.15, 0.2) is 36.4 Å². The van der Waals surface area contributed by atoms with Crippen molar-refractivity contribution in [3.63, 3.8) is 0 Å². The van der Waals surface area contributed by atoms with E-state index in [0.717, 1.165) is 21.9 Å². The lowest BCUT2D eigenvalue weighted by molar-refractivity contribution is 0.0622. The number of nitrogens with zero attached hydrogens (tertiary/aromatic N) is 2. The Kier molecular flexibility index (Phi) is 4.09. The highest BCUT2D eigenvalue weighted by Gasteiger charge is 2.35. The number of hydrogen-bond donors (Lipinski definition) is 1. The van der Waals surface area contributed by atoms with Gasteiger partial charge >= 0.3 is 0 Å². The summed E-state index contributed by atoms with van der Waals surface area (Å²) in [5.74, 6) is 0.659. The van der Waals surface area contributed by atoms with Gasteiger partial charge in [0.15, 0.2) is 0 Å². The SMILES string of the molecule is N#Cc1cccc(-c2ccc(C(=O)NC3CN4CCC3CC4)s2)c1. The van der Waals surface area contributed by atoms with Gasteiger partial charge in [0, 0.05) is 17.5 Å². The Hall–Kier alpha value is -2.16. The number of thiophene rings is 1. The van der Waals surface area contributed by atoms with Gasteiger partial charge in [-0.2, -0.15) is 5.26 Å². The van der Waals surface area contributed by atoms with Gasteiger partial charge < -0.3 is 10.2 Å². The molecule has 5 heteroatoms. The molecule has 4 heterocycles. The Morgan fingerprint density at radius 3 is 2.79 bits per heavy atom. The van der Waals surface area contributed by atoms with Crippen LogP contribution in [0.1, 0.15) is 28.1 Å². The lowest BCUT2D eigenvalue weighted by Gasteiger charge is -2.44. The Bertz CT molecular complexity index is 799. The van der Waals surface area contributed by atoms with Crippen molar-refractivity contribution < 1.29 is 4.79 Å². The summed E-state index contributed by atoms with van der Waals surface area (Å²) in [7, 11) is 0. The molecule has 0 aliphatic carbocycles. The van der Waals surface area contributed by atoms with Gasteiger partial charge in [-0.1, -0.05) is 12.1 Å². The predicted molar refractivity (Wildman–Crippen MR) is 94.9 cm³/mol. The van der Waals surface area contributed by atoms with Crippen LogP contribution in [0.4, 0.5) is 0 Å². The van der Waals surface area contributed by atoms with E-state index in [4.69, 9.17) is 5.26 Å². The molecule has 4 nitrogen and oxygen atoms in total. The van der Waals surface area contributed by atoms with Crippen molar-refractivity contribution in [3.8, 4) is 16.5 Å². The molecule has 1 aromatic heterocycles. The lowest BCUT2D eigenvalue weighted by Crippen LogP contribution is -2.57. The van der Waals surface area contributed by atoms with E-state index in [-0.39, 0.29) is 11.9 Å². The number of nitriles is 1. The van der Waals surface area contributed by atoms with Crippen molar-refractivity contribution in [2.24, 2.45) is 5.92 Å². The van der Waals surface area contributed by atoms with Gasteiger partial charge in [-0.25, -0.2) is 0 Å². The molecule has 3 saturated heterocycles. The molecule has 3 aliphatic heterocycles. The van der Waals surface area contributed by atoms with E-state index >= 15 is 0 Å². The summed E-state index contributed by atoms with van der Waals surface area (Å²) < 4.78 is 0. The first kappa shape index (κ1) is 15.4. The van der Waals surface area contributed by atoms with Crippen LogP contribution in [0.3, 0.4) is 0 Å². The molecule has 2 aromatic rings. The van der Waals surface area contributed by atoms with Crippen molar-refractivity contribution >= 4 is 17.2 Å². The molecule has 0 saturated carbocycles. The van der Waals surface area contributed by atoms with Crippen molar-refractivity contribution in [2.75, 3.05) is 19.6 Å². The standard InChI is InChI=1S/C19H19N3OS/c20-11-13-2-1-3-15(10-13)17-4-5-18(24-17)19(23)21-16-12-22-8-6-14(16)7-9-22/h1-5,10,14,16H,6-9,12H2,(H,21,23). The quantitative estimate of drug-likeness (QED) is 0.936. The fourth-order valence-electron chi connectivity index (χ4n) is 3.73. The fourth-order valence-corrected chi connectivity index (χ4v) is 4.63. The van der Waals surface area contributed by atoms with E-state index in [2.05, 4.69) is 16.3 Å². The summed E-state index contributed by atoms with van der Waals surface area (Å²) >= 11 is 1.49. The summed E-state index contributed by atoms with van der Waals surface area (Å²) in [6, 6.07) is 13.8. The highest BCUT2D eigenvalue weighted by atomic mass is 32.1. The lowest BCUT2D eigenvalue weighted by atomic mass is 9.84. The Balaban J connectivity index is 1.48. The van der Waals surface area contributed by atoms with Gasteiger partial charge in [0.25, 0.3) is 5.91 Å². The van der Waals surface area contributed by atoms with Gasteiger partial charge in [-0.3, -0.25) is 4.79 Å². The highest BCUT2D eigenvalue weighted by Crippen LogP contribution is 2.30. The van der Waals surface area contributed by atoms with Crippen LogP contribution in [0.5, 0.6) is 0 Å². The van der Waals surface area contributed by atoms with Crippen LogP contribution in [0.2, 0.25) is 0 Å². The van der Waals surface area contributed by atoms with Crippen molar-refractivity contribution in [1.82, 2.24) is 10.2 Å². The molecule has 24 heavy (non-hydrogen) atoms. The number of carbonyl (C=O) groups excluding carboxylic acids is 1. The zero-order valence-electron chi connectivity index (χ0n) is 13.4. The topological polar surface area (TPSA) is 56.1 Å². The first-order valence-corrected chi connectivity index (χ1v) is 9.18. The number of amides is 1. The third kappa shape index (κ3) is 2.95. The van der Waals surface area contributed by atoms with Crippen LogP contribution >= 0.6 is 11.3 Å². The smallest absolute Gasteiger partial charge is 0.261 e. The normalized spacial score (nSPS) is 25.2. The van der Waals surface area contributed by atoms with Crippen LogP contribution < -0.4 is 5.32 Å². The number of nitrogens with one attached hydrogen (secondary N) is 1. The molecular weight excluding hydrogens is 318 g/mol. The maximum Gasteiger partial charge on any atom is 0.261 e. The van der Waals surface area contributed by atoms with Crippen molar-refractivity contribution in [2.45, 2.75) is 18.9 Å². The number of benzene rings is 1. The van der Waals surface area contributed by atoms with Crippen molar-refractivity contribution in [1.29, 1.82) is 5.26 Å². The first-order chi connectivity index (χ1) is 11.7. The van der Waals surface area contributed by atoms with E-state index in [1.807, 2.05) is 30.3 Å². The number of fused-ring (bicyclic) bond motifs is 3.